The van der Waals surface area contributed by atoms with Crippen molar-refractivity contribution in [1.29, 1.82) is 0 Å². The molecule has 0 aliphatic carbocycles. The maximum Gasteiger partial charge on any atom is 0.151 e. The summed E-state index contributed by atoms with van der Waals surface area (Å²) in [7, 11) is 1.21. The van der Waals surface area contributed by atoms with Crippen molar-refractivity contribution in [3.05, 3.63) is 0 Å². The number of sulfone groups is 1. The summed E-state index contributed by atoms with van der Waals surface area (Å²) in [5.41, 5.74) is 0. The SMILES string of the molecule is CCC(CNC)N(C)C1CCS(=O)(=O)C1. The first kappa shape index (κ1) is 12.9. The zero-order valence-electron chi connectivity index (χ0n) is 9.86. The Kier molecular flexibility index (Phi) is 4.55. The maximum atomic E-state index is 11.4. The molecule has 0 spiro atoms. The van der Waals surface area contributed by atoms with Crippen LogP contribution in [0.1, 0.15) is 19.8 Å². The standard InChI is InChI=1S/C10H22N2O2S/c1-4-9(7-11-2)12(3)10-5-6-15(13,14)8-10/h9-11H,4-8H2,1-3H3. The van der Waals surface area contributed by atoms with E-state index in [4.69, 9.17) is 0 Å². The van der Waals surface area contributed by atoms with Gasteiger partial charge < -0.3 is 5.32 Å². The van der Waals surface area contributed by atoms with Gasteiger partial charge in [0.15, 0.2) is 9.84 Å². The van der Waals surface area contributed by atoms with E-state index in [1.807, 2.05) is 14.1 Å². The molecule has 15 heavy (non-hydrogen) atoms. The molecule has 1 saturated heterocycles. The Morgan fingerprint density at radius 3 is 2.60 bits per heavy atom. The highest BCUT2D eigenvalue weighted by Crippen LogP contribution is 2.19. The van der Waals surface area contributed by atoms with Crippen molar-refractivity contribution in [2.24, 2.45) is 0 Å². The minimum Gasteiger partial charge on any atom is -0.318 e. The monoisotopic (exact) mass is 234 g/mol. The van der Waals surface area contributed by atoms with Crippen LogP contribution in [0.4, 0.5) is 0 Å². The number of rotatable bonds is 5. The predicted octanol–water partition coefficient (Wildman–Crippen LogP) is 0.103. The molecule has 0 bridgehead atoms. The summed E-state index contributed by atoms with van der Waals surface area (Å²) < 4.78 is 22.7. The topological polar surface area (TPSA) is 49.4 Å². The molecule has 1 heterocycles. The maximum absolute atomic E-state index is 11.4. The van der Waals surface area contributed by atoms with Crippen molar-refractivity contribution in [3.8, 4) is 0 Å². The predicted molar refractivity (Wildman–Crippen MR) is 62.8 cm³/mol. The Morgan fingerprint density at radius 1 is 1.53 bits per heavy atom. The van der Waals surface area contributed by atoms with Crippen molar-refractivity contribution < 1.29 is 8.42 Å². The van der Waals surface area contributed by atoms with E-state index < -0.39 is 9.84 Å². The van der Waals surface area contributed by atoms with Crippen molar-refractivity contribution in [3.63, 3.8) is 0 Å². The summed E-state index contributed by atoms with van der Waals surface area (Å²) >= 11 is 0. The van der Waals surface area contributed by atoms with E-state index in [9.17, 15) is 8.42 Å². The molecule has 0 aromatic carbocycles. The third-order valence-corrected chi connectivity index (χ3v) is 5.02. The molecule has 0 amide bonds. The molecule has 1 N–H and O–H groups in total. The van der Waals surface area contributed by atoms with Crippen LogP contribution in [0.15, 0.2) is 0 Å². The highest BCUT2D eigenvalue weighted by atomic mass is 32.2. The number of hydrogen-bond donors (Lipinski definition) is 1. The van der Waals surface area contributed by atoms with E-state index >= 15 is 0 Å². The molecule has 1 fully saturated rings. The zero-order chi connectivity index (χ0) is 11.5. The third-order valence-electron chi connectivity index (χ3n) is 3.27. The van der Waals surface area contributed by atoms with Gasteiger partial charge in [0.1, 0.15) is 0 Å². The van der Waals surface area contributed by atoms with Crippen molar-refractivity contribution in [2.45, 2.75) is 31.8 Å². The number of nitrogens with zero attached hydrogens (tertiary/aromatic N) is 1. The fraction of sp³-hybridized carbons (Fsp3) is 1.00. The Bertz CT molecular complexity index is 290. The van der Waals surface area contributed by atoms with E-state index in [2.05, 4.69) is 17.1 Å². The molecule has 1 aliphatic heterocycles. The van der Waals surface area contributed by atoms with Crippen LogP contribution in [0, 0.1) is 0 Å². The van der Waals surface area contributed by atoms with Crippen molar-refractivity contribution in [2.75, 3.05) is 32.1 Å². The highest BCUT2D eigenvalue weighted by Gasteiger charge is 2.32. The number of likely N-dealkylation sites (N-methyl/N-ethyl adjacent to an activating group) is 2. The smallest absolute Gasteiger partial charge is 0.151 e. The van der Waals surface area contributed by atoms with Gasteiger partial charge in [0.2, 0.25) is 0 Å². The fourth-order valence-electron chi connectivity index (χ4n) is 2.21. The first-order chi connectivity index (χ1) is 7.00. The minimum absolute atomic E-state index is 0.216. The molecular formula is C10H22N2O2S. The van der Waals surface area contributed by atoms with Gasteiger partial charge in [-0.15, -0.1) is 0 Å². The molecule has 4 nitrogen and oxygen atoms in total. The van der Waals surface area contributed by atoms with Gasteiger partial charge in [0.25, 0.3) is 0 Å². The van der Waals surface area contributed by atoms with Crippen LogP contribution in [-0.4, -0.2) is 57.5 Å². The van der Waals surface area contributed by atoms with Crippen molar-refractivity contribution in [1.82, 2.24) is 10.2 Å². The van der Waals surface area contributed by atoms with Gasteiger partial charge in [-0.05, 0) is 26.9 Å². The van der Waals surface area contributed by atoms with Gasteiger partial charge in [0, 0.05) is 18.6 Å². The van der Waals surface area contributed by atoms with Gasteiger partial charge in [-0.2, -0.15) is 0 Å². The highest BCUT2D eigenvalue weighted by molar-refractivity contribution is 7.91. The summed E-state index contributed by atoms with van der Waals surface area (Å²) in [6, 6.07) is 0.654. The normalized spacial score (nSPS) is 27.1. The van der Waals surface area contributed by atoms with Gasteiger partial charge in [0.05, 0.1) is 11.5 Å². The van der Waals surface area contributed by atoms with Crippen LogP contribution >= 0.6 is 0 Å². The van der Waals surface area contributed by atoms with Gasteiger partial charge >= 0.3 is 0 Å². The molecule has 1 aliphatic rings. The Labute approximate surface area is 93.0 Å². The summed E-state index contributed by atoms with van der Waals surface area (Å²) in [5.74, 6) is 0.696. The molecule has 2 atom stereocenters. The lowest BCUT2D eigenvalue weighted by atomic mass is 10.1. The lowest BCUT2D eigenvalue weighted by molar-refractivity contribution is 0.180. The fourth-order valence-corrected chi connectivity index (χ4v) is 3.99. The molecule has 2 unspecified atom stereocenters. The summed E-state index contributed by atoms with van der Waals surface area (Å²) in [6.07, 6.45) is 1.84. The second-order valence-corrected chi connectivity index (χ2v) is 6.57. The average Bonchev–Trinajstić information content (AvgIpc) is 2.54. The molecule has 1 rings (SSSR count). The quantitative estimate of drug-likeness (QED) is 0.733. The first-order valence-corrected chi connectivity index (χ1v) is 7.39. The van der Waals surface area contributed by atoms with Crippen LogP contribution in [0.2, 0.25) is 0 Å². The molecule has 0 saturated carbocycles. The molecule has 90 valence electrons. The Hall–Kier alpha value is -0.130. The van der Waals surface area contributed by atoms with E-state index in [0.717, 1.165) is 19.4 Å². The molecule has 5 heteroatoms. The lowest BCUT2D eigenvalue weighted by Gasteiger charge is -2.31. The van der Waals surface area contributed by atoms with Gasteiger partial charge in [-0.25, -0.2) is 8.42 Å². The number of nitrogens with one attached hydrogen (secondary N) is 1. The van der Waals surface area contributed by atoms with E-state index in [-0.39, 0.29) is 6.04 Å². The molecule has 0 radical (unpaired) electrons. The summed E-state index contributed by atoms with van der Waals surface area (Å²) in [6.45, 7) is 3.06. The van der Waals surface area contributed by atoms with Crippen LogP contribution in [0.5, 0.6) is 0 Å². The molecule has 0 aromatic heterocycles. The van der Waals surface area contributed by atoms with Gasteiger partial charge in [-0.1, -0.05) is 6.92 Å². The average molecular weight is 234 g/mol. The second-order valence-electron chi connectivity index (χ2n) is 4.34. The molecular weight excluding hydrogens is 212 g/mol. The summed E-state index contributed by atoms with van der Waals surface area (Å²) in [5, 5.41) is 3.15. The van der Waals surface area contributed by atoms with Crippen LogP contribution < -0.4 is 5.32 Å². The summed E-state index contributed by atoms with van der Waals surface area (Å²) in [4.78, 5) is 2.22. The Balaban J connectivity index is 2.56. The zero-order valence-corrected chi connectivity index (χ0v) is 10.7. The molecule has 0 aromatic rings. The second kappa shape index (κ2) is 5.27. The third kappa shape index (κ3) is 3.43. The van der Waals surface area contributed by atoms with E-state index in [1.54, 1.807) is 0 Å². The van der Waals surface area contributed by atoms with Crippen LogP contribution in [0.3, 0.4) is 0 Å². The van der Waals surface area contributed by atoms with E-state index in [1.165, 1.54) is 0 Å². The minimum atomic E-state index is -2.76. The number of hydrogen-bond acceptors (Lipinski definition) is 4. The van der Waals surface area contributed by atoms with Gasteiger partial charge in [-0.3, -0.25) is 4.90 Å². The van der Waals surface area contributed by atoms with Crippen LogP contribution in [0.25, 0.3) is 0 Å². The van der Waals surface area contributed by atoms with Crippen LogP contribution in [-0.2, 0) is 9.84 Å². The first-order valence-electron chi connectivity index (χ1n) is 5.57. The largest absolute Gasteiger partial charge is 0.318 e. The Morgan fingerprint density at radius 2 is 2.20 bits per heavy atom. The van der Waals surface area contributed by atoms with E-state index in [0.29, 0.717) is 17.5 Å². The van der Waals surface area contributed by atoms with Crippen molar-refractivity contribution >= 4 is 9.84 Å². The lowest BCUT2D eigenvalue weighted by Crippen LogP contribution is -2.45.